The van der Waals surface area contributed by atoms with Crippen LogP contribution in [0, 0.1) is 0 Å². The standard InChI is InChI=1S/C21H33BO5/c1-20(2)21(3,4)27-22(26-20)15-10-6-9-14-19(23)25-17-11-16-24-18-12-7-5-8-13-18/h5,7-8,12-13H,6,9-11,14-17H2,1-4H3. The first-order chi connectivity index (χ1) is 12.8. The molecule has 1 aromatic rings. The topological polar surface area (TPSA) is 54.0 Å². The number of para-hydroxylation sites is 1. The molecule has 150 valence electrons. The Hall–Kier alpha value is -1.53. The zero-order valence-corrected chi connectivity index (χ0v) is 17.2. The Labute approximate surface area is 163 Å². The molecular formula is C21H33BO5. The van der Waals surface area contributed by atoms with Crippen LogP contribution in [0.1, 0.15) is 59.8 Å². The zero-order chi connectivity index (χ0) is 19.8. The van der Waals surface area contributed by atoms with Gasteiger partial charge >= 0.3 is 13.1 Å². The Bertz CT molecular complexity index is 557. The van der Waals surface area contributed by atoms with Crippen LogP contribution in [0.15, 0.2) is 30.3 Å². The van der Waals surface area contributed by atoms with Gasteiger partial charge in [-0.25, -0.2) is 0 Å². The summed E-state index contributed by atoms with van der Waals surface area (Å²) in [5.41, 5.74) is -0.544. The van der Waals surface area contributed by atoms with E-state index in [2.05, 4.69) is 27.7 Å². The summed E-state index contributed by atoms with van der Waals surface area (Å²) in [4.78, 5) is 11.8. The van der Waals surface area contributed by atoms with Crippen molar-refractivity contribution in [1.82, 2.24) is 0 Å². The van der Waals surface area contributed by atoms with Gasteiger partial charge in [0.1, 0.15) is 5.75 Å². The maximum absolute atomic E-state index is 11.8. The van der Waals surface area contributed by atoms with Crippen LogP contribution in [0.5, 0.6) is 5.75 Å². The summed E-state index contributed by atoms with van der Waals surface area (Å²) in [6.45, 7) is 9.20. The number of ether oxygens (including phenoxy) is 2. The molecule has 0 atom stereocenters. The van der Waals surface area contributed by atoms with E-state index in [1.54, 1.807) is 0 Å². The number of rotatable bonds is 11. The highest BCUT2D eigenvalue weighted by Crippen LogP contribution is 2.38. The molecule has 0 N–H and O–H groups in total. The number of carbonyl (C=O) groups excluding carboxylic acids is 1. The lowest BCUT2D eigenvalue weighted by atomic mass is 9.82. The van der Waals surface area contributed by atoms with Crippen molar-refractivity contribution in [1.29, 1.82) is 0 Å². The van der Waals surface area contributed by atoms with E-state index in [-0.39, 0.29) is 24.3 Å². The molecule has 0 amide bonds. The Morgan fingerprint density at radius 2 is 1.59 bits per heavy atom. The summed E-state index contributed by atoms with van der Waals surface area (Å²) in [5, 5.41) is 0. The van der Waals surface area contributed by atoms with Crippen LogP contribution >= 0.6 is 0 Å². The van der Waals surface area contributed by atoms with Gasteiger partial charge in [0.2, 0.25) is 0 Å². The number of hydrogen-bond acceptors (Lipinski definition) is 5. The maximum atomic E-state index is 11.8. The fourth-order valence-electron chi connectivity index (χ4n) is 2.86. The van der Waals surface area contributed by atoms with Crippen molar-refractivity contribution in [2.75, 3.05) is 13.2 Å². The SMILES string of the molecule is CC1(C)OB(CCCCCC(=O)OCCCOc2ccccc2)OC1(C)C. The minimum absolute atomic E-state index is 0.134. The van der Waals surface area contributed by atoms with Crippen LogP contribution in [0.4, 0.5) is 0 Å². The molecule has 1 aliphatic heterocycles. The molecule has 1 heterocycles. The summed E-state index contributed by atoms with van der Waals surface area (Å²) < 4.78 is 22.8. The Morgan fingerprint density at radius 1 is 0.926 bits per heavy atom. The Balaban J connectivity index is 1.45. The smallest absolute Gasteiger partial charge is 0.457 e. The number of esters is 1. The van der Waals surface area contributed by atoms with Gasteiger partial charge in [-0.05, 0) is 52.6 Å². The number of hydrogen-bond donors (Lipinski definition) is 0. The van der Waals surface area contributed by atoms with Gasteiger partial charge in [0.25, 0.3) is 0 Å². The minimum Gasteiger partial charge on any atom is -0.493 e. The lowest BCUT2D eigenvalue weighted by Gasteiger charge is -2.32. The molecule has 1 fully saturated rings. The highest BCUT2D eigenvalue weighted by atomic mass is 16.7. The van der Waals surface area contributed by atoms with E-state index in [0.717, 1.165) is 31.3 Å². The van der Waals surface area contributed by atoms with E-state index in [1.165, 1.54) is 0 Å². The zero-order valence-electron chi connectivity index (χ0n) is 17.2. The molecule has 1 saturated heterocycles. The maximum Gasteiger partial charge on any atom is 0.457 e. The molecule has 27 heavy (non-hydrogen) atoms. The van der Waals surface area contributed by atoms with E-state index in [4.69, 9.17) is 18.8 Å². The van der Waals surface area contributed by atoms with E-state index in [9.17, 15) is 4.79 Å². The van der Waals surface area contributed by atoms with Gasteiger partial charge in [-0.1, -0.05) is 31.0 Å². The number of carbonyl (C=O) groups is 1. The van der Waals surface area contributed by atoms with Crippen molar-refractivity contribution in [2.24, 2.45) is 0 Å². The summed E-state index contributed by atoms with van der Waals surface area (Å²) in [7, 11) is -0.147. The molecule has 0 bridgehead atoms. The first-order valence-corrected chi connectivity index (χ1v) is 9.99. The second-order valence-electron chi connectivity index (χ2n) is 8.02. The van der Waals surface area contributed by atoms with Gasteiger partial charge in [0, 0.05) is 12.8 Å². The molecule has 0 saturated carbocycles. The summed E-state index contributed by atoms with van der Waals surface area (Å²) >= 11 is 0. The lowest BCUT2D eigenvalue weighted by Crippen LogP contribution is -2.41. The van der Waals surface area contributed by atoms with E-state index < -0.39 is 0 Å². The highest BCUT2D eigenvalue weighted by Gasteiger charge is 2.50. The van der Waals surface area contributed by atoms with Crippen LogP contribution in [-0.4, -0.2) is 37.5 Å². The predicted molar refractivity (Wildman–Crippen MR) is 107 cm³/mol. The van der Waals surface area contributed by atoms with Crippen LogP contribution in [0.25, 0.3) is 0 Å². The largest absolute Gasteiger partial charge is 0.493 e. The van der Waals surface area contributed by atoms with Crippen molar-refractivity contribution in [3.8, 4) is 5.75 Å². The van der Waals surface area contributed by atoms with Gasteiger partial charge in [0.15, 0.2) is 0 Å². The van der Waals surface area contributed by atoms with Crippen molar-refractivity contribution in [3.05, 3.63) is 30.3 Å². The molecule has 0 radical (unpaired) electrons. The fraction of sp³-hybridized carbons (Fsp3) is 0.667. The Kier molecular flexibility index (Phi) is 8.17. The van der Waals surface area contributed by atoms with Gasteiger partial charge in [-0.15, -0.1) is 0 Å². The average Bonchev–Trinajstić information content (AvgIpc) is 2.82. The van der Waals surface area contributed by atoms with Gasteiger partial charge in [0.05, 0.1) is 24.4 Å². The normalized spacial score (nSPS) is 17.7. The Morgan fingerprint density at radius 3 is 2.26 bits per heavy atom. The monoisotopic (exact) mass is 376 g/mol. The molecule has 1 aromatic carbocycles. The van der Waals surface area contributed by atoms with Gasteiger partial charge in [-0.2, -0.15) is 0 Å². The highest BCUT2D eigenvalue weighted by molar-refractivity contribution is 6.45. The lowest BCUT2D eigenvalue weighted by molar-refractivity contribution is -0.144. The third-order valence-corrected chi connectivity index (χ3v) is 5.19. The average molecular weight is 376 g/mol. The second-order valence-corrected chi connectivity index (χ2v) is 8.02. The van der Waals surface area contributed by atoms with E-state index in [1.807, 2.05) is 30.3 Å². The van der Waals surface area contributed by atoms with Crippen molar-refractivity contribution in [3.63, 3.8) is 0 Å². The van der Waals surface area contributed by atoms with Crippen molar-refractivity contribution < 1.29 is 23.6 Å². The first kappa shape index (κ1) is 21.8. The molecule has 0 spiro atoms. The van der Waals surface area contributed by atoms with Crippen LogP contribution in [0.3, 0.4) is 0 Å². The second kappa shape index (κ2) is 10.1. The van der Waals surface area contributed by atoms with Crippen molar-refractivity contribution in [2.45, 2.75) is 77.3 Å². The number of benzene rings is 1. The van der Waals surface area contributed by atoms with Gasteiger partial charge < -0.3 is 18.8 Å². The molecular weight excluding hydrogens is 343 g/mol. The molecule has 2 rings (SSSR count). The predicted octanol–water partition coefficient (Wildman–Crippen LogP) is 4.65. The van der Waals surface area contributed by atoms with E-state index >= 15 is 0 Å². The minimum atomic E-state index is -0.272. The van der Waals surface area contributed by atoms with Crippen molar-refractivity contribution >= 4 is 13.1 Å². The van der Waals surface area contributed by atoms with Crippen LogP contribution in [-0.2, 0) is 18.8 Å². The summed E-state index contributed by atoms with van der Waals surface area (Å²) in [6, 6.07) is 9.64. The molecule has 0 aliphatic carbocycles. The summed E-state index contributed by atoms with van der Waals surface area (Å²) in [5.74, 6) is 0.705. The van der Waals surface area contributed by atoms with Gasteiger partial charge in [-0.3, -0.25) is 4.79 Å². The fourth-order valence-corrected chi connectivity index (χ4v) is 2.86. The molecule has 5 nitrogen and oxygen atoms in total. The van der Waals surface area contributed by atoms with Crippen LogP contribution in [0.2, 0.25) is 6.32 Å². The first-order valence-electron chi connectivity index (χ1n) is 9.99. The third-order valence-electron chi connectivity index (χ3n) is 5.19. The number of unbranched alkanes of at least 4 members (excludes halogenated alkanes) is 2. The molecule has 0 unspecified atom stereocenters. The third kappa shape index (κ3) is 7.19. The van der Waals surface area contributed by atoms with E-state index in [0.29, 0.717) is 26.1 Å². The quantitative estimate of drug-likeness (QED) is 0.320. The van der Waals surface area contributed by atoms with Crippen LogP contribution < -0.4 is 4.74 Å². The molecule has 0 aromatic heterocycles. The molecule has 1 aliphatic rings. The summed E-state index contributed by atoms with van der Waals surface area (Å²) in [6.07, 6.45) is 4.80. The molecule has 6 heteroatoms.